The van der Waals surface area contributed by atoms with Crippen molar-refractivity contribution in [2.24, 2.45) is 0 Å². The second-order valence-electron chi connectivity index (χ2n) is 4.81. The Bertz CT molecular complexity index is 930. The van der Waals surface area contributed by atoms with Crippen molar-refractivity contribution in [3.8, 4) is 0 Å². The fraction of sp³-hybridized carbons (Fsp3) is 0.143. The predicted molar refractivity (Wildman–Crippen MR) is 91.4 cm³/mol. The molecule has 0 aliphatic heterocycles. The number of nitro benzene ring substituents is 2. The Hall–Kier alpha value is -2.72. The minimum Gasteiger partial charge on any atom is -0.265 e. The molecule has 0 saturated heterocycles. The van der Waals surface area contributed by atoms with Crippen molar-refractivity contribution in [2.45, 2.75) is 11.8 Å². The molecular weight excluding hydrogens is 374 g/mol. The van der Waals surface area contributed by atoms with Crippen LogP contribution < -0.4 is 4.31 Å². The Kier molecular flexibility index (Phi) is 5.24. The average Bonchev–Trinajstić information content (AvgIpc) is 2.56. The normalized spacial score (nSPS) is 11.1. The number of anilines is 1. The minimum atomic E-state index is -4.11. The van der Waals surface area contributed by atoms with Gasteiger partial charge in [0.1, 0.15) is 0 Å². The second-order valence-corrected chi connectivity index (χ2v) is 7.08. The molecule has 0 aliphatic carbocycles. The smallest absolute Gasteiger partial charge is 0.265 e. The van der Waals surface area contributed by atoms with E-state index in [1.54, 1.807) is 0 Å². The number of halogens is 1. The van der Waals surface area contributed by atoms with Gasteiger partial charge in [-0.2, -0.15) is 0 Å². The van der Waals surface area contributed by atoms with Crippen LogP contribution in [0.2, 0.25) is 5.02 Å². The van der Waals surface area contributed by atoms with E-state index in [4.69, 9.17) is 11.6 Å². The SMILES string of the molecule is CCN(c1cc([N+](=O)[O-])ccc1Cl)S(=O)(=O)c1ccc([N+](=O)[O-])cc1. The summed E-state index contributed by atoms with van der Waals surface area (Å²) >= 11 is 6.02. The highest BCUT2D eigenvalue weighted by atomic mass is 35.5. The first-order chi connectivity index (χ1) is 11.7. The van der Waals surface area contributed by atoms with Gasteiger partial charge >= 0.3 is 0 Å². The zero-order chi connectivity index (χ0) is 18.8. The molecular formula is C14H12ClN3O6S. The summed E-state index contributed by atoms with van der Waals surface area (Å²) in [6.07, 6.45) is 0. The van der Waals surface area contributed by atoms with Gasteiger partial charge in [0, 0.05) is 30.8 Å². The highest BCUT2D eigenvalue weighted by molar-refractivity contribution is 7.92. The molecule has 0 aromatic heterocycles. The Balaban J connectivity index is 2.54. The maximum atomic E-state index is 12.8. The third kappa shape index (κ3) is 3.69. The van der Waals surface area contributed by atoms with Gasteiger partial charge in [-0.3, -0.25) is 24.5 Å². The molecule has 0 aliphatic rings. The molecule has 0 bridgehead atoms. The van der Waals surface area contributed by atoms with Gasteiger partial charge in [-0.25, -0.2) is 8.42 Å². The van der Waals surface area contributed by atoms with E-state index in [0.29, 0.717) is 0 Å². The fourth-order valence-electron chi connectivity index (χ4n) is 2.14. The molecule has 25 heavy (non-hydrogen) atoms. The van der Waals surface area contributed by atoms with E-state index in [0.717, 1.165) is 40.7 Å². The van der Waals surface area contributed by atoms with Crippen LogP contribution in [0.25, 0.3) is 0 Å². The number of benzene rings is 2. The van der Waals surface area contributed by atoms with Crippen LogP contribution in [0.3, 0.4) is 0 Å². The molecule has 2 aromatic carbocycles. The van der Waals surface area contributed by atoms with E-state index in [9.17, 15) is 28.6 Å². The van der Waals surface area contributed by atoms with Crippen LogP contribution in [0, 0.1) is 20.2 Å². The third-order valence-electron chi connectivity index (χ3n) is 3.33. The van der Waals surface area contributed by atoms with E-state index in [-0.39, 0.29) is 33.5 Å². The molecule has 0 amide bonds. The van der Waals surface area contributed by atoms with Crippen molar-refractivity contribution in [3.05, 3.63) is 67.7 Å². The summed E-state index contributed by atoms with van der Waals surface area (Å²) in [5.41, 5.74) is -0.608. The molecule has 0 heterocycles. The second kappa shape index (κ2) is 7.03. The van der Waals surface area contributed by atoms with Crippen LogP contribution in [0.15, 0.2) is 47.4 Å². The molecule has 0 unspecified atom stereocenters. The number of nitro groups is 2. The van der Waals surface area contributed by atoms with Crippen LogP contribution in [0.4, 0.5) is 17.1 Å². The molecule has 0 saturated carbocycles. The van der Waals surface area contributed by atoms with Gasteiger partial charge in [0.25, 0.3) is 21.4 Å². The largest absolute Gasteiger partial charge is 0.271 e. The third-order valence-corrected chi connectivity index (χ3v) is 5.55. The standard InChI is InChI=1S/C14H12ClN3O6S/c1-2-16(14-9-11(18(21)22)5-8-13(14)15)25(23,24)12-6-3-10(4-7-12)17(19)20/h3-9H,2H2,1H3. The van der Waals surface area contributed by atoms with Crippen molar-refractivity contribution >= 4 is 38.7 Å². The average molecular weight is 386 g/mol. The van der Waals surface area contributed by atoms with Gasteiger partial charge < -0.3 is 0 Å². The maximum Gasteiger partial charge on any atom is 0.271 e. The Morgan fingerprint density at radius 1 is 1.00 bits per heavy atom. The Labute approximate surface area is 147 Å². The van der Waals surface area contributed by atoms with Gasteiger partial charge in [0.05, 0.1) is 25.5 Å². The van der Waals surface area contributed by atoms with E-state index in [2.05, 4.69) is 0 Å². The maximum absolute atomic E-state index is 12.8. The van der Waals surface area contributed by atoms with E-state index < -0.39 is 19.9 Å². The molecule has 0 N–H and O–H groups in total. The molecule has 2 aromatic rings. The molecule has 11 heteroatoms. The quantitative estimate of drug-likeness (QED) is 0.554. The Morgan fingerprint density at radius 3 is 2.00 bits per heavy atom. The van der Waals surface area contributed by atoms with Crippen LogP contribution in [-0.2, 0) is 10.0 Å². The summed E-state index contributed by atoms with van der Waals surface area (Å²) in [5, 5.41) is 21.6. The van der Waals surface area contributed by atoms with E-state index in [1.807, 2.05) is 0 Å². The zero-order valence-electron chi connectivity index (χ0n) is 12.8. The van der Waals surface area contributed by atoms with E-state index >= 15 is 0 Å². The van der Waals surface area contributed by atoms with E-state index in [1.165, 1.54) is 13.0 Å². The first-order valence-corrected chi connectivity index (χ1v) is 8.71. The highest BCUT2D eigenvalue weighted by Crippen LogP contribution is 2.33. The number of hydrogen-bond acceptors (Lipinski definition) is 6. The number of nitrogens with zero attached hydrogens (tertiary/aromatic N) is 3. The summed E-state index contributed by atoms with van der Waals surface area (Å²) in [7, 11) is -4.11. The van der Waals surface area contributed by atoms with Crippen LogP contribution in [0.5, 0.6) is 0 Å². The van der Waals surface area contributed by atoms with Crippen LogP contribution >= 0.6 is 11.6 Å². The van der Waals surface area contributed by atoms with Crippen LogP contribution in [0.1, 0.15) is 6.92 Å². The van der Waals surface area contributed by atoms with Crippen molar-refractivity contribution in [1.82, 2.24) is 0 Å². The fourth-order valence-corrected chi connectivity index (χ4v) is 3.90. The summed E-state index contributed by atoms with van der Waals surface area (Å²) in [5.74, 6) is 0. The molecule has 0 atom stereocenters. The predicted octanol–water partition coefficient (Wildman–Crippen LogP) is 3.37. The van der Waals surface area contributed by atoms with Gasteiger partial charge in [-0.1, -0.05) is 11.6 Å². The first-order valence-electron chi connectivity index (χ1n) is 6.89. The number of hydrogen-bond donors (Lipinski definition) is 0. The molecule has 0 radical (unpaired) electrons. The van der Waals surface area contributed by atoms with Gasteiger partial charge in [0.15, 0.2) is 0 Å². The molecule has 0 spiro atoms. The van der Waals surface area contributed by atoms with Gasteiger partial charge in [-0.15, -0.1) is 0 Å². The summed E-state index contributed by atoms with van der Waals surface area (Å²) in [6, 6.07) is 7.80. The molecule has 2 rings (SSSR count). The minimum absolute atomic E-state index is 0.0259. The zero-order valence-corrected chi connectivity index (χ0v) is 14.4. The number of rotatable bonds is 6. The van der Waals surface area contributed by atoms with Crippen molar-refractivity contribution in [1.29, 1.82) is 0 Å². The topological polar surface area (TPSA) is 124 Å². The summed E-state index contributed by atoms with van der Waals surface area (Å²) in [4.78, 5) is 20.1. The van der Waals surface area contributed by atoms with Crippen LogP contribution in [-0.4, -0.2) is 24.8 Å². The highest BCUT2D eigenvalue weighted by Gasteiger charge is 2.27. The summed E-state index contributed by atoms with van der Waals surface area (Å²) in [6.45, 7) is 1.50. The monoisotopic (exact) mass is 385 g/mol. The first kappa shape index (κ1) is 18.6. The molecule has 132 valence electrons. The number of sulfonamides is 1. The van der Waals surface area contributed by atoms with Gasteiger partial charge in [0.2, 0.25) is 0 Å². The molecule has 9 nitrogen and oxygen atoms in total. The lowest BCUT2D eigenvalue weighted by Crippen LogP contribution is -2.31. The number of non-ortho nitro benzene ring substituents is 2. The lowest BCUT2D eigenvalue weighted by atomic mass is 10.3. The van der Waals surface area contributed by atoms with Gasteiger partial charge in [-0.05, 0) is 25.1 Å². The lowest BCUT2D eigenvalue weighted by molar-refractivity contribution is -0.385. The van der Waals surface area contributed by atoms with Crippen molar-refractivity contribution in [3.63, 3.8) is 0 Å². The van der Waals surface area contributed by atoms with Crippen molar-refractivity contribution in [2.75, 3.05) is 10.8 Å². The Morgan fingerprint density at radius 2 is 1.52 bits per heavy atom. The lowest BCUT2D eigenvalue weighted by Gasteiger charge is -2.23. The molecule has 0 fully saturated rings. The van der Waals surface area contributed by atoms with Crippen molar-refractivity contribution < 1.29 is 18.3 Å². The summed E-state index contributed by atoms with van der Waals surface area (Å²) < 4.78 is 26.5.